The van der Waals surface area contributed by atoms with E-state index in [1.54, 1.807) is 0 Å². The van der Waals surface area contributed by atoms with E-state index in [1.165, 1.54) is 7.11 Å². The minimum atomic E-state index is -0.907. The Bertz CT molecular complexity index is 492. The van der Waals surface area contributed by atoms with Crippen molar-refractivity contribution in [2.45, 2.75) is 12.0 Å². The SMILES string of the molecule is C#CCNC1(C(=O)OC)CCOc2ccccc21. The molecule has 0 bridgehead atoms. The molecule has 0 radical (unpaired) electrons. The summed E-state index contributed by atoms with van der Waals surface area (Å²) >= 11 is 0. The first kappa shape index (κ1) is 12.5. The number of benzene rings is 1. The van der Waals surface area contributed by atoms with E-state index >= 15 is 0 Å². The Kier molecular flexibility index (Phi) is 3.54. The van der Waals surface area contributed by atoms with Crippen LogP contribution in [0.5, 0.6) is 5.75 Å². The van der Waals surface area contributed by atoms with Crippen LogP contribution >= 0.6 is 0 Å². The Balaban J connectivity index is 2.48. The molecule has 94 valence electrons. The number of para-hydroxylation sites is 1. The van der Waals surface area contributed by atoms with Gasteiger partial charge in [0.1, 0.15) is 11.3 Å². The van der Waals surface area contributed by atoms with Crippen LogP contribution in [0.2, 0.25) is 0 Å². The lowest BCUT2D eigenvalue weighted by Gasteiger charge is -2.36. The van der Waals surface area contributed by atoms with Gasteiger partial charge in [0.05, 0.1) is 20.3 Å². The summed E-state index contributed by atoms with van der Waals surface area (Å²) < 4.78 is 10.5. The molecule has 0 aliphatic carbocycles. The summed E-state index contributed by atoms with van der Waals surface area (Å²) in [5.41, 5.74) is -0.131. The second-order valence-electron chi connectivity index (χ2n) is 4.05. The molecule has 1 atom stereocenters. The van der Waals surface area contributed by atoms with Crippen molar-refractivity contribution in [2.24, 2.45) is 0 Å². The Morgan fingerprint density at radius 3 is 3.11 bits per heavy atom. The molecule has 1 unspecified atom stereocenters. The lowest BCUT2D eigenvalue weighted by molar-refractivity contribution is -0.150. The number of carbonyl (C=O) groups excluding carboxylic acids is 1. The third-order valence-corrected chi connectivity index (χ3v) is 3.11. The van der Waals surface area contributed by atoms with E-state index in [0.717, 1.165) is 5.56 Å². The first-order valence-corrected chi connectivity index (χ1v) is 5.74. The number of carbonyl (C=O) groups is 1. The topological polar surface area (TPSA) is 47.6 Å². The molecular weight excluding hydrogens is 230 g/mol. The van der Waals surface area contributed by atoms with E-state index in [4.69, 9.17) is 15.9 Å². The average molecular weight is 245 g/mol. The molecule has 1 aliphatic rings. The molecule has 0 fully saturated rings. The fourth-order valence-corrected chi connectivity index (χ4v) is 2.24. The Hall–Kier alpha value is -1.99. The molecule has 1 aliphatic heterocycles. The summed E-state index contributed by atoms with van der Waals surface area (Å²) in [4.78, 5) is 12.1. The van der Waals surface area contributed by atoms with Gasteiger partial charge < -0.3 is 9.47 Å². The van der Waals surface area contributed by atoms with Crippen LogP contribution in [0.15, 0.2) is 24.3 Å². The van der Waals surface area contributed by atoms with Gasteiger partial charge in [0.2, 0.25) is 0 Å². The van der Waals surface area contributed by atoms with Crippen molar-refractivity contribution in [3.63, 3.8) is 0 Å². The number of hydrogen-bond donors (Lipinski definition) is 1. The molecule has 0 saturated heterocycles. The predicted molar refractivity (Wildman–Crippen MR) is 67.1 cm³/mol. The molecule has 0 aromatic heterocycles. The van der Waals surface area contributed by atoms with E-state index in [9.17, 15) is 4.79 Å². The van der Waals surface area contributed by atoms with Crippen molar-refractivity contribution in [3.8, 4) is 18.1 Å². The monoisotopic (exact) mass is 245 g/mol. The van der Waals surface area contributed by atoms with Crippen LogP contribution in [0.4, 0.5) is 0 Å². The number of esters is 1. The lowest BCUT2D eigenvalue weighted by Crippen LogP contribution is -2.52. The molecule has 0 spiro atoms. The molecule has 4 nitrogen and oxygen atoms in total. The molecule has 1 heterocycles. The first-order valence-electron chi connectivity index (χ1n) is 5.74. The second kappa shape index (κ2) is 5.11. The van der Waals surface area contributed by atoms with Crippen LogP contribution in [0.1, 0.15) is 12.0 Å². The van der Waals surface area contributed by atoms with Crippen molar-refractivity contribution >= 4 is 5.97 Å². The second-order valence-corrected chi connectivity index (χ2v) is 4.05. The highest BCUT2D eigenvalue weighted by atomic mass is 16.5. The number of terminal acetylenes is 1. The molecule has 0 amide bonds. The fraction of sp³-hybridized carbons (Fsp3) is 0.357. The predicted octanol–water partition coefficient (Wildman–Crippen LogP) is 1.06. The average Bonchev–Trinajstić information content (AvgIpc) is 2.44. The van der Waals surface area contributed by atoms with Gasteiger partial charge in [-0.25, -0.2) is 4.79 Å². The summed E-state index contributed by atoms with van der Waals surface area (Å²) in [5.74, 6) is 2.84. The fourth-order valence-electron chi connectivity index (χ4n) is 2.24. The Labute approximate surface area is 106 Å². The van der Waals surface area contributed by atoms with Gasteiger partial charge in [-0.05, 0) is 6.07 Å². The zero-order valence-corrected chi connectivity index (χ0v) is 10.2. The first-order chi connectivity index (χ1) is 8.74. The maximum atomic E-state index is 12.1. The highest BCUT2D eigenvalue weighted by Gasteiger charge is 2.45. The van der Waals surface area contributed by atoms with Crippen LogP contribution in [-0.2, 0) is 15.1 Å². The van der Waals surface area contributed by atoms with Crippen molar-refractivity contribution in [1.29, 1.82) is 0 Å². The quantitative estimate of drug-likeness (QED) is 0.639. The van der Waals surface area contributed by atoms with Crippen LogP contribution < -0.4 is 10.1 Å². The molecule has 1 N–H and O–H groups in total. The normalized spacial score (nSPS) is 21.3. The molecule has 1 aromatic rings. The van der Waals surface area contributed by atoms with E-state index < -0.39 is 5.54 Å². The summed E-state index contributed by atoms with van der Waals surface area (Å²) in [6.07, 6.45) is 5.77. The number of hydrogen-bond acceptors (Lipinski definition) is 4. The minimum absolute atomic E-state index is 0.295. The van der Waals surface area contributed by atoms with Crippen molar-refractivity contribution < 1.29 is 14.3 Å². The summed E-state index contributed by atoms with van der Waals surface area (Å²) in [6, 6.07) is 7.43. The van der Waals surface area contributed by atoms with E-state index in [2.05, 4.69) is 11.2 Å². The molecule has 2 rings (SSSR count). The van der Waals surface area contributed by atoms with Crippen molar-refractivity contribution in [1.82, 2.24) is 5.32 Å². The molecule has 4 heteroatoms. The molecule has 1 aromatic carbocycles. The van der Waals surface area contributed by atoms with Gasteiger partial charge in [0.15, 0.2) is 0 Å². The molecular formula is C14H15NO3. The van der Waals surface area contributed by atoms with Gasteiger partial charge in [0.25, 0.3) is 0 Å². The van der Waals surface area contributed by atoms with Gasteiger partial charge in [-0.15, -0.1) is 6.42 Å². The maximum Gasteiger partial charge on any atom is 0.331 e. The smallest absolute Gasteiger partial charge is 0.331 e. The van der Waals surface area contributed by atoms with E-state index in [1.807, 2.05) is 24.3 Å². The van der Waals surface area contributed by atoms with Crippen molar-refractivity contribution in [2.75, 3.05) is 20.3 Å². The molecule has 0 saturated carbocycles. The van der Waals surface area contributed by atoms with Gasteiger partial charge in [-0.1, -0.05) is 24.1 Å². The van der Waals surface area contributed by atoms with Gasteiger partial charge >= 0.3 is 5.97 Å². The van der Waals surface area contributed by atoms with Gasteiger partial charge in [-0.2, -0.15) is 0 Å². The largest absolute Gasteiger partial charge is 0.493 e. The van der Waals surface area contributed by atoms with E-state index in [0.29, 0.717) is 25.3 Å². The standard InChI is InChI=1S/C14H15NO3/c1-3-9-15-14(13(16)17-2)8-10-18-12-7-5-4-6-11(12)14/h1,4-7,15H,8-10H2,2H3. The lowest BCUT2D eigenvalue weighted by atomic mass is 9.84. The number of ether oxygens (including phenoxy) is 2. The Morgan fingerprint density at radius 1 is 1.61 bits per heavy atom. The summed E-state index contributed by atoms with van der Waals surface area (Å²) in [6.45, 7) is 0.743. The van der Waals surface area contributed by atoms with Gasteiger partial charge in [-0.3, -0.25) is 5.32 Å². The maximum absolute atomic E-state index is 12.1. The number of rotatable bonds is 3. The van der Waals surface area contributed by atoms with Crippen LogP contribution in [-0.4, -0.2) is 26.2 Å². The summed E-state index contributed by atoms with van der Waals surface area (Å²) in [7, 11) is 1.37. The summed E-state index contributed by atoms with van der Waals surface area (Å²) in [5, 5.41) is 3.10. The Morgan fingerprint density at radius 2 is 2.39 bits per heavy atom. The third-order valence-electron chi connectivity index (χ3n) is 3.11. The van der Waals surface area contributed by atoms with Crippen LogP contribution in [0.3, 0.4) is 0 Å². The third kappa shape index (κ3) is 1.93. The number of methoxy groups -OCH3 is 1. The molecule has 18 heavy (non-hydrogen) atoms. The van der Waals surface area contributed by atoms with E-state index in [-0.39, 0.29) is 5.97 Å². The zero-order valence-electron chi connectivity index (χ0n) is 10.2. The van der Waals surface area contributed by atoms with Crippen LogP contribution in [0.25, 0.3) is 0 Å². The highest BCUT2D eigenvalue weighted by Crippen LogP contribution is 2.37. The number of nitrogens with one attached hydrogen (secondary N) is 1. The zero-order chi connectivity index (χ0) is 13.0. The minimum Gasteiger partial charge on any atom is -0.493 e. The van der Waals surface area contributed by atoms with Crippen molar-refractivity contribution in [3.05, 3.63) is 29.8 Å². The number of fused-ring (bicyclic) bond motifs is 1. The van der Waals surface area contributed by atoms with Crippen LogP contribution in [0, 0.1) is 12.3 Å². The van der Waals surface area contributed by atoms with Gasteiger partial charge in [0, 0.05) is 12.0 Å². The highest BCUT2D eigenvalue weighted by molar-refractivity contribution is 5.84.